The van der Waals surface area contributed by atoms with Crippen molar-refractivity contribution in [1.82, 2.24) is 4.98 Å². The molecule has 0 atom stereocenters. The van der Waals surface area contributed by atoms with Crippen LogP contribution in [0.15, 0.2) is 28.1 Å². The van der Waals surface area contributed by atoms with Gasteiger partial charge in [0.25, 0.3) is 0 Å². The van der Waals surface area contributed by atoms with Crippen molar-refractivity contribution < 1.29 is 9.18 Å². The number of aromatic nitrogens is 1. The third-order valence-electron chi connectivity index (χ3n) is 2.38. The number of hydrogen-bond donors (Lipinski definition) is 1. The van der Waals surface area contributed by atoms with E-state index in [1.165, 1.54) is 23.5 Å². The third-order valence-corrected chi connectivity index (χ3v) is 3.99. The van der Waals surface area contributed by atoms with Crippen LogP contribution in [0.5, 0.6) is 0 Å². The molecule has 0 saturated heterocycles. The SMILES string of the molecule is NCc1nc(C(=O)Cc2ccc(F)cc2Br)cs1. The molecule has 2 N–H and O–H groups in total. The fourth-order valence-electron chi connectivity index (χ4n) is 1.46. The Hall–Kier alpha value is -1.11. The first-order chi connectivity index (χ1) is 8.60. The first-order valence-electron chi connectivity index (χ1n) is 5.21. The van der Waals surface area contributed by atoms with E-state index in [-0.39, 0.29) is 18.0 Å². The number of carbonyl (C=O) groups excluding carboxylic acids is 1. The van der Waals surface area contributed by atoms with Gasteiger partial charge in [-0.05, 0) is 17.7 Å². The van der Waals surface area contributed by atoms with Gasteiger partial charge < -0.3 is 5.73 Å². The summed E-state index contributed by atoms with van der Waals surface area (Å²) in [4.78, 5) is 16.1. The molecule has 1 heterocycles. The molecular weight excluding hydrogens is 319 g/mol. The van der Waals surface area contributed by atoms with Crippen LogP contribution in [-0.4, -0.2) is 10.8 Å². The zero-order valence-electron chi connectivity index (χ0n) is 9.32. The lowest BCUT2D eigenvalue weighted by atomic mass is 10.1. The minimum absolute atomic E-state index is 0.0988. The van der Waals surface area contributed by atoms with Crippen LogP contribution in [0.4, 0.5) is 4.39 Å². The van der Waals surface area contributed by atoms with Crippen molar-refractivity contribution in [3.63, 3.8) is 0 Å². The molecule has 2 rings (SSSR count). The predicted molar refractivity (Wildman–Crippen MR) is 72.1 cm³/mol. The molecule has 1 aromatic carbocycles. The van der Waals surface area contributed by atoms with Crippen LogP contribution in [0.25, 0.3) is 0 Å². The maximum atomic E-state index is 12.9. The zero-order chi connectivity index (χ0) is 13.1. The van der Waals surface area contributed by atoms with Gasteiger partial charge in [0.05, 0.1) is 0 Å². The quantitative estimate of drug-likeness (QED) is 0.878. The summed E-state index contributed by atoms with van der Waals surface area (Å²) >= 11 is 4.60. The predicted octanol–water partition coefficient (Wildman–Crippen LogP) is 2.93. The number of nitrogens with zero attached hydrogens (tertiary/aromatic N) is 1. The van der Waals surface area contributed by atoms with Crippen molar-refractivity contribution in [3.8, 4) is 0 Å². The first-order valence-corrected chi connectivity index (χ1v) is 6.89. The van der Waals surface area contributed by atoms with Gasteiger partial charge in [-0.2, -0.15) is 0 Å². The number of thiazole rings is 1. The van der Waals surface area contributed by atoms with E-state index >= 15 is 0 Å². The van der Waals surface area contributed by atoms with E-state index in [1.807, 2.05) is 0 Å². The van der Waals surface area contributed by atoms with Crippen LogP contribution in [0.2, 0.25) is 0 Å². The molecule has 2 aromatic rings. The van der Waals surface area contributed by atoms with Crippen LogP contribution >= 0.6 is 27.3 Å². The lowest BCUT2D eigenvalue weighted by Crippen LogP contribution is -2.05. The molecule has 0 bridgehead atoms. The highest BCUT2D eigenvalue weighted by Gasteiger charge is 2.13. The fraction of sp³-hybridized carbons (Fsp3) is 0.167. The van der Waals surface area contributed by atoms with Crippen LogP contribution in [0, 0.1) is 5.82 Å². The molecular formula is C12H10BrFN2OS. The molecule has 3 nitrogen and oxygen atoms in total. The van der Waals surface area contributed by atoms with E-state index in [0.717, 1.165) is 10.6 Å². The maximum absolute atomic E-state index is 12.9. The highest BCUT2D eigenvalue weighted by Crippen LogP contribution is 2.20. The lowest BCUT2D eigenvalue weighted by Gasteiger charge is -2.02. The summed E-state index contributed by atoms with van der Waals surface area (Å²) in [6, 6.07) is 4.27. The van der Waals surface area contributed by atoms with Crippen molar-refractivity contribution in [1.29, 1.82) is 0 Å². The summed E-state index contributed by atoms with van der Waals surface area (Å²) < 4.78 is 13.5. The fourth-order valence-corrected chi connectivity index (χ4v) is 2.63. The Balaban J connectivity index is 2.16. The van der Waals surface area contributed by atoms with E-state index in [4.69, 9.17) is 5.73 Å². The second-order valence-electron chi connectivity index (χ2n) is 3.67. The Bertz CT molecular complexity index is 585. The minimum Gasteiger partial charge on any atom is -0.325 e. The van der Waals surface area contributed by atoms with E-state index in [1.54, 1.807) is 11.4 Å². The summed E-state index contributed by atoms with van der Waals surface area (Å²) in [5.41, 5.74) is 6.60. The molecule has 0 saturated carbocycles. The molecule has 94 valence electrons. The molecule has 18 heavy (non-hydrogen) atoms. The van der Waals surface area contributed by atoms with Gasteiger partial charge in [-0.3, -0.25) is 4.79 Å². The van der Waals surface area contributed by atoms with Gasteiger partial charge in [-0.25, -0.2) is 9.37 Å². The number of carbonyl (C=O) groups is 1. The van der Waals surface area contributed by atoms with Crippen molar-refractivity contribution in [2.24, 2.45) is 5.73 Å². The van der Waals surface area contributed by atoms with Crippen LogP contribution in [-0.2, 0) is 13.0 Å². The summed E-state index contributed by atoms with van der Waals surface area (Å²) in [5, 5.41) is 2.43. The van der Waals surface area contributed by atoms with Gasteiger partial charge in [0.2, 0.25) is 0 Å². The van der Waals surface area contributed by atoms with Crippen molar-refractivity contribution in [2.75, 3.05) is 0 Å². The normalized spacial score (nSPS) is 10.6. The number of hydrogen-bond acceptors (Lipinski definition) is 4. The van der Waals surface area contributed by atoms with Crippen molar-refractivity contribution >= 4 is 33.0 Å². The molecule has 0 fully saturated rings. The second kappa shape index (κ2) is 5.69. The second-order valence-corrected chi connectivity index (χ2v) is 5.46. The molecule has 0 amide bonds. The number of Topliss-reactive ketones (excluding diaryl/α,β-unsaturated/α-hetero) is 1. The Morgan fingerprint density at radius 3 is 2.89 bits per heavy atom. The lowest BCUT2D eigenvalue weighted by molar-refractivity contribution is 0.0988. The van der Waals surface area contributed by atoms with Crippen LogP contribution < -0.4 is 5.73 Å². The first kappa shape index (κ1) is 13.3. The molecule has 0 aliphatic carbocycles. The Morgan fingerprint density at radius 1 is 1.50 bits per heavy atom. The highest BCUT2D eigenvalue weighted by atomic mass is 79.9. The Morgan fingerprint density at radius 2 is 2.28 bits per heavy atom. The molecule has 1 aromatic heterocycles. The van der Waals surface area contributed by atoms with Crippen LogP contribution in [0.3, 0.4) is 0 Å². The third kappa shape index (κ3) is 3.01. The van der Waals surface area contributed by atoms with Gasteiger partial charge >= 0.3 is 0 Å². The average molecular weight is 329 g/mol. The van der Waals surface area contributed by atoms with E-state index in [0.29, 0.717) is 16.7 Å². The summed E-state index contributed by atoms with van der Waals surface area (Å²) in [7, 11) is 0. The average Bonchev–Trinajstić information content (AvgIpc) is 2.81. The van der Waals surface area contributed by atoms with E-state index in [9.17, 15) is 9.18 Å². The summed E-state index contributed by atoms with van der Waals surface area (Å²) in [6.07, 6.45) is 0.189. The van der Waals surface area contributed by atoms with Crippen molar-refractivity contribution in [2.45, 2.75) is 13.0 Å². The van der Waals surface area contributed by atoms with Crippen molar-refractivity contribution in [3.05, 3.63) is 50.1 Å². The van der Waals surface area contributed by atoms with E-state index in [2.05, 4.69) is 20.9 Å². The van der Waals surface area contributed by atoms with E-state index < -0.39 is 0 Å². The molecule has 6 heteroatoms. The number of nitrogens with two attached hydrogens (primary N) is 1. The highest BCUT2D eigenvalue weighted by molar-refractivity contribution is 9.10. The Kier molecular flexibility index (Phi) is 4.21. The zero-order valence-corrected chi connectivity index (χ0v) is 11.7. The largest absolute Gasteiger partial charge is 0.325 e. The monoisotopic (exact) mass is 328 g/mol. The number of ketones is 1. The van der Waals surface area contributed by atoms with Gasteiger partial charge in [-0.15, -0.1) is 11.3 Å². The smallest absolute Gasteiger partial charge is 0.186 e. The summed E-state index contributed by atoms with van der Waals surface area (Å²) in [5.74, 6) is -0.435. The number of halogens is 2. The number of rotatable bonds is 4. The van der Waals surface area contributed by atoms with Crippen LogP contribution in [0.1, 0.15) is 21.1 Å². The maximum Gasteiger partial charge on any atom is 0.186 e. The number of benzene rings is 1. The standard InChI is InChI=1S/C12H10BrFN2OS/c13-9-4-8(14)2-1-7(9)3-11(17)10-6-18-12(5-15)16-10/h1-2,4,6H,3,5,15H2. The van der Waals surface area contributed by atoms with Gasteiger partial charge in [0, 0.05) is 22.8 Å². The minimum atomic E-state index is -0.336. The molecule has 0 radical (unpaired) electrons. The van der Waals surface area contributed by atoms with Gasteiger partial charge in [-0.1, -0.05) is 22.0 Å². The molecule has 0 spiro atoms. The molecule has 0 unspecified atom stereocenters. The topological polar surface area (TPSA) is 56.0 Å². The Labute approximate surface area is 116 Å². The molecule has 0 aliphatic rings. The molecule has 0 aliphatic heterocycles. The van der Waals surface area contributed by atoms with Gasteiger partial charge in [0.15, 0.2) is 5.78 Å². The van der Waals surface area contributed by atoms with Gasteiger partial charge in [0.1, 0.15) is 16.5 Å². The summed E-state index contributed by atoms with van der Waals surface area (Å²) in [6.45, 7) is 0.332.